The zero-order valence-electron chi connectivity index (χ0n) is 18.6. The van der Waals surface area contributed by atoms with Gasteiger partial charge in [-0.1, -0.05) is 110 Å². The Bertz CT molecular complexity index is 1100. The number of benzene rings is 4. The van der Waals surface area contributed by atoms with Crippen molar-refractivity contribution in [1.82, 2.24) is 0 Å². The van der Waals surface area contributed by atoms with Crippen LogP contribution in [0.15, 0.2) is 127 Å². The molecule has 0 aliphatic carbocycles. The van der Waals surface area contributed by atoms with Gasteiger partial charge in [0.15, 0.2) is 0 Å². The van der Waals surface area contributed by atoms with Gasteiger partial charge in [0.2, 0.25) is 0 Å². The van der Waals surface area contributed by atoms with E-state index < -0.39 is 0 Å². The molecule has 0 atom stereocenters. The summed E-state index contributed by atoms with van der Waals surface area (Å²) in [7, 11) is 0. The molecule has 158 valence electrons. The molecule has 0 amide bonds. The average Bonchev–Trinajstić information content (AvgIpc) is 2.86. The second-order valence-corrected chi connectivity index (χ2v) is 7.77. The summed E-state index contributed by atoms with van der Waals surface area (Å²) in [6.07, 6.45) is 8.80. The molecule has 0 unspecified atom stereocenters. The second-order valence-electron chi connectivity index (χ2n) is 7.77. The standard InChI is InChI=1S/C31H29N/c1-2-13-27(28-15-6-3-7-16-28)17-12-14-26-22-24-31(25-23-26)32(29-18-8-4-9-19-29)30-20-10-5-11-21-30/h3-12,14-25H,2,13H2,1H3. The van der Waals surface area contributed by atoms with E-state index in [1.165, 1.54) is 16.7 Å². The molecule has 32 heavy (non-hydrogen) atoms. The van der Waals surface area contributed by atoms with Crippen molar-refractivity contribution in [2.45, 2.75) is 19.8 Å². The maximum absolute atomic E-state index is 2.28. The normalized spacial score (nSPS) is 11.6. The molecule has 1 nitrogen and oxygen atoms in total. The summed E-state index contributed by atoms with van der Waals surface area (Å²) in [6.45, 7) is 2.23. The monoisotopic (exact) mass is 415 g/mol. The van der Waals surface area contributed by atoms with Crippen LogP contribution in [-0.4, -0.2) is 0 Å². The number of allylic oxidation sites excluding steroid dienone is 3. The Morgan fingerprint density at radius 2 is 1.12 bits per heavy atom. The fourth-order valence-corrected chi connectivity index (χ4v) is 3.86. The molecular formula is C31H29N. The first-order valence-electron chi connectivity index (χ1n) is 11.3. The van der Waals surface area contributed by atoms with E-state index in [1.807, 2.05) is 0 Å². The van der Waals surface area contributed by atoms with E-state index in [0.29, 0.717) is 0 Å². The quantitative estimate of drug-likeness (QED) is 0.259. The van der Waals surface area contributed by atoms with Gasteiger partial charge >= 0.3 is 0 Å². The molecule has 0 N–H and O–H groups in total. The van der Waals surface area contributed by atoms with Gasteiger partial charge in [-0.05, 0) is 59.5 Å². The number of nitrogens with zero attached hydrogens (tertiary/aromatic N) is 1. The fraction of sp³-hybridized carbons (Fsp3) is 0.0968. The van der Waals surface area contributed by atoms with E-state index in [9.17, 15) is 0 Å². The lowest BCUT2D eigenvalue weighted by molar-refractivity contribution is 0.973. The third-order valence-corrected chi connectivity index (χ3v) is 5.43. The molecule has 0 fully saturated rings. The molecule has 0 aromatic heterocycles. The molecule has 0 saturated carbocycles. The molecule has 0 saturated heterocycles. The summed E-state index contributed by atoms with van der Waals surface area (Å²) in [5, 5.41) is 0. The van der Waals surface area contributed by atoms with E-state index in [1.54, 1.807) is 0 Å². The van der Waals surface area contributed by atoms with Crippen LogP contribution in [0.5, 0.6) is 0 Å². The number of para-hydroxylation sites is 2. The average molecular weight is 416 g/mol. The van der Waals surface area contributed by atoms with Gasteiger partial charge in [0.05, 0.1) is 0 Å². The molecule has 0 heterocycles. The topological polar surface area (TPSA) is 3.24 Å². The minimum Gasteiger partial charge on any atom is -0.311 e. The van der Waals surface area contributed by atoms with Crippen LogP contribution >= 0.6 is 0 Å². The summed E-state index contributed by atoms with van der Waals surface area (Å²) in [5.74, 6) is 0. The molecule has 0 aliphatic heterocycles. The van der Waals surface area contributed by atoms with Gasteiger partial charge in [-0.15, -0.1) is 0 Å². The lowest BCUT2D eigenvalue weighted by Gasteiger charge is -2.25. The molecule has 0 aliphatic rings. The molecule has 4 rings (SSSR count). The maximum Gasteiger partial charge on any atom is 0.0462 e. The van der Waals surface area contributed by atoms with Crippen LogP contribution in [0.25, 0.3) is 11.6 Å². The van der Waals surface area contributed by atoms with Crippen molar-refractivity contribution in [3.05, 3.63) is 139 Å². The first-order valence-corrected chi connectivity index (χ1v) is 11.3. The van der Waals surface area contributed by atoms with Gasteiger partial charge in [0, 0.05) is 17.1 Å². The minimum atomic E-state index is 1.08. The molecule has 4 aromatic rings. The van der Waals surface area contributed by atoms with Gasteiger partial charge in [0.1, 0.15) is 0 Å². The van der Waals surface area contributed by atoms with Crippen LogP contribution in [0.3, 0.4) is 0 Å². The number of hydrogen-bond donors (Lipinski definition) is 0. The Labute approximate surface area is 192 Å². The first kappa shape index (κ1) is 21.4. The lowest BCUT2D eigenvalue weighted by Crippen LogP contribution is -2.09. The van der Waals surface area contributed by atoms with Gasteiger partial charge in [-0.2, -0.15) is 0 Å². The van der Waals surface area contributed by atoms with E-state index in [2.05, 4.69) is 145 Å². The summed E-state index contributed by atoms with van der Waals surface area (Å²) in [4.78, 5) is 2.28. The van der Waals surface area contributed by atoms with Gasteiger partial charge in [-0.25, -0.2) is 0 Å². The van der Waals surface area contributed by atoms with Crippen LogP contribution < -0.4 is 4.90 Å². The highest BCUT2D eigenvalue weighted by Crippen LogP contribution is 2.34. The van der Waals surface area contributed by atoms with E-state index in [-0.39, 0.29) is 0 Å². The van der Waals surface area contributed by atoms with Crippen LogP contribution in [0.4, 0.5) is 17.1 Å². The van der Waals surface area contributed by atoms with Crippen LogP contribution in [0.2, 0.25) is 0 Å². The lowest BCUT2D eigenvalue weighted by atomic mass is 10.0. The fourth-order valence-electron chi connectivity index (χ4n) is 3.86. The smallest absolute Gasteiger partial charge is 0.0462 e. The van der Waals surface area contributed by atoms with Crippen molar-refractivity contribution in [3.63, 3.8) is 0 Å². The zero-order valence-corrected chi connectivity index (χ0v) is 18.6. The van der Waals surface area contributed by atoms with Crippen molar-refractivity contribution >= 4 is 28.7 Å². The van der Waals surface area contributed by atoms with Crippen molar-refractivity contribution in [1.29, 1.82) is 0 Å². The molecule has 0 radical (unpaired) electrons. The number of hydrogen-bond acceptors (Lipinski definition) is 1. The highest BCUT2D eigenvalue weighted by Gasteiger charge is 2.11. The van der Waals surface area contributed by atoms with Crippen LogP contribution in [-0.2, 0) is 0 Å². The summed E-state index contributed by atoms with van der Waals surface area (Å²) >= 11 is 0. The van der Waals surface area contributed by atoms with Crippen molar-refractivity contribution < 1.29 is 0 Å². The largest absolute Gasteiger partial charge is 0.311 e. The van der Waals surface area contributed by atoms with E-state index in [0.717, 1.165) is 29.9 Å². The molecule has 0 bridgehead atoms. The Kier molecular flexibility index (Phi) is 7.34. The Balaban J connectivity index is 1.57. The SMILES string of the molecule is CCCC(=CC=Cc1ccc(N(c2ccccc2)c2ccccc2)cc1)c1ccccc1. The molecular weight excluding hydrogens is 386 g/mol. The summed E-state index contributed by atoms with van der Waals surface area (Å²) in [5.41, 5.74) is 7.31. The Morgan fingerprint density at radius 1 is 0.625 bits per heavy atom. The first-order chi connectivity index (χ1) is 15.8. The third-order valence-electron chi connectivity index (χ3n) is 5.43. The zero-order chi connectivity index (χ0) is 22.0. The predicted octanol–water partition coefficient (Wildman–Crippen LogP) is 9.05. The predicted molar refractivity (Wildman–Crippen MR) is 139 cm³/mol. The van der Waals surface area contributed by atoms with Crippen LogP contribution in [0.1, 0.15) is 30.9 Å². The highest BCUT2D eigenvalue weighted by molar-refractivity contribution is 5.77. The van der Waals surface area contributed by atoms with E-state index >= 15 is 0 Å². The number of rotatable bonds is 8. The highest BCUT2D eigenvalue weighted by atomic mass is 15.1. The minimum absolute atomic E-state index is 1.08. The van der Waals surface area contributed by atoms with Crippen molar-refractivity contribution in [2.75, 3.05) is 4.90 Å². The van der Waals surface area contributed by atoms with E-state index in [4.69, 9.17) is 0 Å². The van der Waals surface area contributed by atoms with Gasteiger partial charge in [0.25, 0.3) is 0 Å². The van der Waals surface area contributed by atoms with Crippen molar-refractivity contribution in [2.24, 2.45) is 0 Å². The molecule has 4 aromatic carbocycles. The second kappa shape index (κ2) is 11.0. The van der Waals surface area contributed by atoms with Gasteiger partial charge in [-0.3, -0.25) is 0 Å². The van der Waals surface area contributed by atoms with Crippen LogP contribution in [0, 0.1) is 0 Å². The van der Waals surface area contributed by atoms with Gasteiger partial charge < -0.3 is 4.90 Å². The van der Waals surface area contributed by atoms with Crippen molar-refractivity contribution in [3.8, 4) is 0 Å². The molecule has 1 heteroatoms. The molecule has 0 spiro atoms. The summed E-state index contributed by atoms with van der Waals surface area (Å²) in [6, 6.07) is 40.4. The number of anilines is 3. The maximum atomic E-state index is 2.28. The Morgan fingerprint density at radius 3 is 1.66 bits per heavy atom. The summed E-state index contributed by atoms with van der Waals surface area (Å²) < 4.78 is 0. The third kappa shape index (κ3) is 5.44. The Hall–Kier alpha value is -3.84.